The van der Waals surface area contributed by atoms with Crippen molar-refractivity contribution in [2.45, 2.75) is 18.9 Å². The normalized spacial score (nSPS) is 18.6. The number of hydrogen-bond donors (Lipinski definition) is 0. The minimum Gasteiger partial charge on any atom is -0.497 e. The van der Waals surface area contributed by atoms with E-state index in [-0.39, 0.29) is 0 Å². The predicted molar refractivity (Wildman–Crippen MR) is 67.3 cm³/mol. The third kappa shape index (κ3) is 2.50. The van der Waals surface area contributed by atoms with E-state index in [1.165, 1.54) is 31.5 Å². The van der Waals surface area contributed by atoms with Gasteiger partial charge in [-0.1, -0.05) is 12.1 Å². The van der Waals surface area contributed by atoms with Crippen LogP contribution in [-0.4, -0.2) is 31.0 Å². The molecule has 2 nitrogen and oxygen atoms in total. The highest BCUT2D eigenvalue weighted by atomic mass is 35.5. The number of likely N-dealkylation sites (tertiary alicyclic amines) is 1. The topological polar surface area (TPSA) is 12.5 Å². The Labute approximate surface area is 102 Å². The van der Waals surface area contributed by atoms with Gasteiger partial charge in [-0.2, -0.15) is 0 Å². The monoisotopic (exact) mass is 239 g/mol. The van der Waals surface area contributed by atoms with Crippen molar-refractivity contribution in [3.63, 3.8) is 0 Å². The van der Waals surface area contributed by atoms with Crippen molar-refractivity contribution in [1.82, 2.24) is 4.90 Å². The first-order chi connectivity index (χ1) is 7.85. The van der Waals surface area contributed by atoms with Crippen LogP contribution >= 0.6 is 11.6 Å². The van der Waals surface area contributed by atoms with E-state index in [1.54, 1.807) is 7.11 Å². The molecule has 1 fully saturated rings. The molecule has 0 aromatic heterocycles. The van der Waals surface area contributed by atoms with Gasteiger partial charge in [0.1, 0.15) is 5.75 Å². The van der Waals surface area contributed by atoms with Crippen LogP contribution < -0.4 is 4.74 Å². The van der Waals surface area contributed by atoms with Gasteiger partial charge in [0.05, 0.1) is 7.11 Å². The quantitative estimate of drug-likeness (QED) is 0.749. The van der Waals surface area contributed by atoms with E-state index in [4.69, 9.17) is 16.3 Å². The molecule has 0 radical (unpaired) electrons. The third-order valence-electron chi connectivity index (χ3n) is 3.23. The van der Waals surface area contributed by atoms with Gasteiger partial charge in [-0.05, 0) is 43.6 Å². The molecular weight excluding hydrogens is 222 g/mol. The Balaban J connectivity index is 2.12. The van der Waals surface area contributed by atoms with Crippen LogP contribution in [0, 0.1) is 0 Å². The fraction of sp³-hybridized carbons (Fsp3) is 0.538. The zero-order valence-corrected chi connectivity index (χ0v) is 10.4. The van der Waals surface area contributed by atoms with E-state index in [9.17, 15) is 0 Å². The SMILES string of the molecule is COc1ccc(C(CCl)N2CCCC2)cc1. The maximum absolute atomic E-state index is 6.08. The lowest BCUT2D eigenvalue weighted by Crippen LogP contribution is -2.26. The fourth-order valence-electron chi connectivity index (χ4n) is 2.28. The molecule has 1 aliphatic heterocycles. The average molecular weight is 240 g/mol. The molecule has 0 saturated carbocycles. The fourth-order valence-corrected chi connectivity index (χ4v) is 2.65. The largest absolute Gasteiger partial charge is 0.497 e. The summed E-state index contributed by atoms with van der Waals surface area (Å²) in [6, 6.07) is 8.60. The molecular formula is C13H18ClNO. The van der Waals surface area contributed by atoms with Crippen molar-refractivity contribution in [3.8, 4) is 5.75 Å². The van der Waals surface area contributed by atoms with E-state index in [0.717, 1.165) is 5.75 Å². The molecule has 1 saturated heterocycles. The molecule has 1 aliphatic rings. The van der Waals surface area contributed by atoms with Crippen molar-refractivity contribution < 1.29 is 4.74 Å². The summed E-state index contributed by atoms with van der Waals surface area (Å²) >= 11 is 6.08. The van der Waals surface area contributed by atoms with Crippen LogP contribution in [0.2, 0.25) is 0 Å². The maximum Gasteiger partial charge on any atom is 0.118 e. The molecule has 1 atom stereocenters. The molecule has 3 heteroatoms. The first kappa shape index (κ1) is 11.7. The summed E-state index contributed by atoms with van der Waals surface area (Å²) in [7, 11) is 1.69. The zero-order valence-electron chi connectivity index (χ0n) is 9.66. The molecule has 1 heterocycles. The Kier molecular flexibility index (Phi) is 4.08. The zero-order chi connectivity index (χ0) is 11.4. The maximum atomic E-state index is 6.08. The summed E-state index contributed by atoms with van der Waals surface area (Å²) < 4.78 is 5.16. The average Bonchev–Trinajstić information content (AvgIpc) is 2.85. The lowest BCUT2D eigenvalue weighted by Gasteiger charge is -2.26. The van der Waals surface area contributed by atoms with Gasteiger partial charge in [-0.15, -0.1) is 11.6 Å². The summed E-state index contributed by atoms with van der Waals surface area (Å²) in [5, 5.41) is 0. The van der Waals surface area contributed by atoms with Gasteiger partial charge in [0, 0.05) is 11.9 Å². The van der Waals surface area contributed by atoms with Crippen molar-refractivity contribution in [1.29, 1.82) is 0 Å². The summed E-state index contributed by atoms with van der Waals surface area (Å²) in [6.45, 7) is 2.34. The highest BCUT2D eigenvalue weighted by Gasteiger charge is 2.22. The summed E-state index contributed by atoms with van der Waals surface area (Å²) in [4.78, 5) is 2.47. The molecule has 88 valence electrons. The van der Waals surface area contributed by atoms with Gasteiger partial charge >= 0.3 is 0 Å². The van der Waals surface area contributed by atoms with Gasteiger partial charge in [0.25, 0.3) is 0 Å². The van der Waals surface area contributed by atoms with E-state index in [2.05, 4.69) is 17.0 Å². The molecule has 0 aliphatic carbocycles. The number of halogens is 1. The Morgan fingerprint density at radius 1 is 1.25 bits per heavy atom. The number of nitrogens with zero attached hydrogens (tertiary/aromatic N) is 1. The second-order valence-corrected chi connectivity index (χ2v) is 4.49. The van der Waals surface area contributed by atoms with Gasteiger partial charge in [0.15, 0.2) is 0 Å². The standard InChI is InChI=1S/C13H18ClNO/c1-16-12-6-4-11(5-7-12)13(10-14)15-8-2-3-9-15/h4-7,13H,2-3,8-10H2,1H3. The Morgan fingerprint density at radius 3 is 2.38 bits per heavy atom. The van der Waals surface area contributed by atoms with Crippen LogP contribution in [0.25, 0.3) is 0 Å². The number of hydrogen-bond acceptors (Lipinski definition) is 2. The van der Waals surface area contributed by atoms with Gasteiger partial charge < -0.3 is 4.74 Å². The number of rotatable bonds is 4. The van der Waals surface area contributed by atoms with Crippen LogP contribution in [0.1, 0.15) is 24.4 Å². The molecule has 16 heavy (non-hydrogen) atoms. The summed E-state index contributed by atoms with van der Waals surface area (Å²) in [5.41, 5.74) is 1.29. The van der Waals surface area contributed by atoms with E-state index < -0.39 is 0 Å². The third-order valence-corrected chi connectivity index (χ3v) is 3.52. The van der Waals surface area contributed by atoms with Crippen LogP contribution in [0.4, 0.5) is 0 Å². The Hall–Kier alpha value is -0.730. The number of ether oxygens (including phenoxy) is 1. The molecule has 0 bridgehead atoms. The van der Waals surface area contributed by atoms with E-state index in [1.807, 2.05) is 12.1 Å². The van der Waals surface area contributed by atoms with Crippen molar-refractivity contribution in [2.24, 2.45) is 0 Å². The smallest absolute Gasteiger partial charge is 0.118 e. The highest BCUT2D eigenvalue weighted by Crippen LogP contribution is 2.27. The molecule has 1 aromatic rings. The number of benzene rings is 1. The van der Waals surface area contributed by atoms with Crippen LogP contribution in [0.3, 0.4) is 0 Å². The lowest BCUT2D eigenvalue weighted by molar-refractivity contribution is 0.266. The van der Waals surface area contributed by atoms with Crippen LogP contribution in [0.15, 0.2) is 24.3 Å². The predicted octanol–water partition coefficient (Wildman–Crippen LogP) is 3.07. The minimum atomic E-state index is 0.357. The van der Waals surface area contributed by atoms with Crippen molar-refractivity contribution in [2.75, 3.05) is 26.1 Å². The highest BCUT2D eigenvalue weighted by molar-refractivity contribution is 6.18. The van der Waals surface area contributed by atoms with Crippen LogP contribution in [-0.2, 0) is 0 Å². The molecule has 1 unspecified atom stereocenters. The Morgan fingerprint density at radius 2 is 1.88 bits per heavy atom. The lowest BCUT2D eigenvalue weighted by atomic mass is 10.1. The molecule has 0 amide bonds. The van der Waals surface area contributed by atoms with E-state index >= 15 is 0 Å². The second kappa shape index (κ2) is 5.55. The van der Waals surface area contributed by atoms with Crippen molar-refractivity contribution in [3.05, 3.63) is 29.8 Å². The Bertz CT molecular complexity index is 319. The number of methoxy groups -OCH3 is 1. The van der Waals surface area contributed by atoms with E-state index in [0.29, 0.717) is 11.9 Å². The van der Waals surface area contributed by atoms with Crippen molar-refractivity contribution >= 4 is 11.6 Å². The molecule has 0 spiro atoms. The van der Waals surface area contributed by atoms with Crippen LogP contribution in [0.5, 0.6) is 5.75 Å². The molecule has 0 N–H and O–H groups in total. The summed E-state index contributed by atoms with van der Waals surface area (Å²) in [6.07, 6.45) is 2.59. The number of alkyl halides is 1. The van der Waals surface area contributed by atoms with Gasteiger partial charge in [0.2, 0.25) is 0 Å². The molecule has 2 rings (SSSR count). The molecule has 1 aromatic carbocycles. The minimum absolute atomic E-state index is 0.357. The summed E-state index contributed by atoms with van der Waals surface area (Å²) in [5.74, 6) is 1.56. The first-order valence-corrected chi connectivity index (χ1v) is 6.32. The van der Waals surface area contributed by atoms with Gasteiger partial charge in [-0.3, -0.25) is 4.90 Å². The first-order valence-electron chi connectivity index (χ1n) is 5.79. The van der Waals surface area contributed by atoms with Gasteiger partial charge in [-0.25, -0.2) is 0 Å². The second-order valence-electron chi connectivity index (χ2n) is 4.19.